The van der Waals surface area contributed by atoms with E-state index in [4.69, 9.17) is 19.3 Å². The molecule has 0 aliphatic rings. The van der Waals surface area contributed by atoms with Crippen molar-refractivity contribution in [2.45, 2.75) is 38.1 Å². The smallest absolute Gasteiger partial charge is 0.460 e. The molecule has 248 valence electrons. The molecule has 4 aromatic carbocycles. The predicted octanol–water partition coefficient (Wildman–Crippen LogP) is 7.07. The molecule has 8 nitrogen and oxygen atoms in total. The Bertz CT molecular complexity index is 1640. The third-order valence-corrected chi connectivity index (χ3v) is 8.03. The maximum Gasteiger partial charge on any atom is 0.573 e. The molecule has 4 rings (SSSR count). The van der Waals surface area contributed by atoms with Crippen LogP contribution in [-0.2, 0) is 55.3 Å². The lowest BCUT2D eigenvalue weighted by Gasteiger charge is -2.30. The highest BCUT2D eigenvalue weighted by Crippen LogP contribution is 2.59. The molecule has 0 radical (unpaired) electrons. The van der Waals surface area contributed by atoms with Gasteiger partial charge in [-0.15, -0.1) is 13.2 Å². The Labute approximate surface area is 265 Å². The molecule has 0 aliphatic carbocycles. The molecule has 4 aromatic rings. The first-order chi connectivity index (χ1) is 22.1. The normalized spacial score (nSPS) is 12.3. The molecule has 0 saturated heterocycles. The van der Waals surface area contributed by atoms with Crippen LogP contribution in [0.1, 0.15) is 27.8 Å². The number of ether oxygens (including phenoxy) is 3. The lowest BCUT2D eigenvalue weighted by atomic mass is 9.76. The minimum atomic E-state index is -5.88. The van der Waals surface area contributed by atoms with E-state index in [9.17, 15) is 36.1 Å². The lowest BCUT2D eigenvalue weighted by Crippen LogP contribution is -2.45. The van der Waals surface area contributed by atoms with E-state index in [0.717, 1.165) is 36.4 Å². The van der Waals surface area contributed by atoms with E-state index in [-0.39, 0.29) is 24.3 Å². The molecule has 0 fully saturated rings. The summed E-state index contributed by atoms with van der Waals surface area (Å²) in [6.07, 6.45) is -5.92. The Morgan fingerprint density at radius 1 is 0.596 bits per heavy atom. The van der Waals surface area contributed by atoms with Gasteiger partial charge in [-0.05, 0) is 47.2 Å². The fourth-order valence-corrected chi connectivity index (χ4v) is 5.14. The highest BCUT2D eigenvalue weighted by Gasteiger charge is 2.51. The molecule has 0 aliphatic heterocycles. The fourth-order valence-electron chi connectivity index (χ4n) is 4.65. The van der Waals surface area contributed by atoms with Crippen molar-refractivity contribution < 1.29 is 60.1 Å². The number of hydrogen-bond acceptors (Lipinski definition) is 6. The largest absolute Gasteiger partial charge is 0.573 e. The third kappa shape index (κ3) is 9.25. The van der Waals surface area contributed by atoms with Crippen molar-refractivity contribution in [3.05, 3.63) is 137 Å². The summed E-state index contributed by atoms with van der Waals surface area (Å²) in [4.78, 5) is 46.2. The Balaban J connectivity index is 1.75. The van der Waals surface area contributed by atoms with E-state index in [0.29, 0.717) is 11.1 Å². The first-order valence-corrected chi connectivity index (χ1v) is 15.5. The molecule has 0 saturated carbocycles. The second kappa shape index (κ2) is 14.5. The number of rotatable bonds is 13. The van der Waals surface area contributed by atoms with E-state index in [1.807, 2.05) is 0 Å². The van der Waals surface area contributed by atoms with Crippen LogP contribution in [0.4, 0.5) is 22.0 Å². The zero-order chi connectivity index (χ0) is 34.3. The SMILES string of the molecule is O=C(OCc1ccccc1)C(Cc1ccc(OC(F)(F)F)cc1)(Cc1ccc(C(F)(F)P(=O)(O)O)cc1)C(=O)OCc1ccccc1. The summed E-state index contributed by atoms with van der Waals surface area (Å²) in [7, 11) is -5.88. The monoisotopic (exact) mass is 678 g/mol. The van der Waals surface area contributed by atoms with Crippen molar-refractivity contribution in [2.75, 3.05) is 0 Å². The average molecular weight is 679 g/mol. The van der Waals surface area contributed by atoms with Gasteiger partial charge >= 0.3 is 31.6 Å². The number of esters is 2. The zero-order valence-electron chi connectivity index (χ0n) is 24.4. The number of halogens is 5. The van der Waals surface area contributed by atoms with Crippen molar-refractivity contribution in [3.8, 4) is 5.75 Å². The molecular weight excluding hydrogens is 650 g/mol. The fraction of sp³-hybridized carbons (Fsp3) is 0.212. The van der Waals surface area contributed by atoms with Crippen LogP contribution in [0.3, 0.4) is 0 Å². The molecule has 0 heterocycles. The summed E-state index contributed by atoms with van der Waals surface area (Å²) >= 11 is 0. The molecule has 0 aromatic heterocycles. The van der Waals surface area contributed by atoms with Gasteiger partial charge < -0.3 is 24.0 Å². The van der Waals surface area contributed by atoms with Crippen molar-refractivity contribution in [1.29, 1.82) is 0 Å². The molecule has 14 heteroatoms. The molecule has 47 heavy (non-hydrogen) atoms. The van der Waals surface area contributed by atoms with Gasteiger partial charge in [0.2, 0.25) is 0 Å². The van der Waals surface area contributed by atoms with Gasteiger partial charge in [-0.25, -0.2) is 0 Å². The maximum atomic E-state index is 14.3. The Hall–Kier alpha value is -4.58. The van der Waals surface area contributed by atoms with Crippen LogP contribution in [0.2, 0.25) is 0 Å². The lowest BCUT2D eigenvalue weighted by molar-refractivity contribution is -0.274. The van der Waals surface area contributed by atoms with Crippen molar-refractivity contribution in [1.82, 2.24) is 0 Å². The predicted molar refractivity (Wildman–Crippen MR) is 158 cm³/mol. The van der Waals surface area contributed by atoms with Crippen LogP contribution < -0.4 is 4.74 Å². The standard InChI is InChI=1S/C33H28F5O8P/c34-32(35,47(41,42)43)27-15-11-23(12-16-27)19-31(29(39)44-21-25-7-3-1-4-8-25,30(40)45-22-26-9-5-2-6-10-26)20-24-13-17-28(18-14-24)46-33(36,37)38/h1-18H,19-22H2,(H2,41,42,43). The van der Waals surface area contributed by atoms with Gasteiger partial charge in [0, 0.05) is 5.56 Å². The molecule has 0 bridgehead atoms. The highest BCUT2D eigenvalue weighted by molar-refractivity contribution is 7.52. The summed E-state index contributed by atoms with van der Waals surface area (Å²) in [5.41, 5.74) is -6.25. The number of hydrogen-bond donors (Lipinski definition) is 2. The van der Waals surface area contributed by atoms with E-state index >= 15 is 0 Å². The Morgan fingerprint density at radius 2 is 1.00 bits per heavy atom. The second-order valence-corrected chi connectivity index (χ2v) is 12.2. The van der Waals surface area contributed by atoms with Crippen molar-refractivity contribution in [3.63, 3.8) is 0 Å². The van der Waals surface area contributed by atoms with Crippen LogP contribution in [0.15, 0.2) is 109 Å². The molecule has 0 atom stereocenters. The highest BCUT2D eigenvalue weighted by atomic mass is 31.2. The van der Waals surface area contributed by atoms with E-state index < -0.39 is 61.1 Å². The molecule has 0 spiro atoms. The van der Waals surface area contributed by atoms with Gasteiger partial charge in [-0.2, -0.15) is 8.78 Å². The summed E-state index contributed by atoms with van der Waals surface area (Å²) in [6, 6.07) is 25.0. The number of benzene rings is 4. The second-order valence-electron chi connectivity index (χ2n) is 10.5. The van der Waals surface area contributed by atoms with Gasteiger partial charge in [0.15, 0.2) is 5.41 Å². The van der Waals surface area contributed by atoms with Crippen LogP contribution in [-0.4, -0.2) is 28.1 Å². The minimum Gasteiger partial charge on any atom is -0.460 e. The average Bonchev–Trinajstić information content (AvgIpc) is 3.03. The summed E-state index contributed by atoms with van der Waals surface area (Å²) < 4.78 is 93.4. The third-order valence-electron chi connectivity index (χ3n) is 7.04. The van der Waals surface area contributed by atoms with Crippen LogP contribution >= 0.6 is 7.60 Å². The molecule has 0 unspecified atom stereocenters. The molecule has 0 amide bonds. The number of alkyl halides is 5. The molecular formula is C33H28F5O8P. The Morgan fingerprint density at radius 3 is 1.38 bits per heavy atom. The first-order valence-electron chi connectivity index (χ1n) is 13.9. The maximum absolute atomic E-state index is 14.3. The van der Waals surface area contributed by atoms with Crippen LogP contribution in [0.25, 0.3) is 0 Å². The van der Waals surface area contributed by atoms with E-state index in [1.54, 1.807) is 60.7 Å². The van der Waals surface area contributed by atoms with Crippen molar-refractivity contribution in [2.24, 2.45) is 5.41 Å². The number of carbonyl (C=O) groups is 2. The van der Waals surface area contributed by atoms with E-state index in [1.165, 1.54) is 12.1 Å². The topological polar surface area (TPSA) is 119 Å². The van der Waals surface area contributed by atoms with Gasteiger partial charge in [0.25, 0.3) is 0 Å². The van der Waals surface area contributed by atoms with Gasteiger partial charge in [0.1, 0.15) is 19.0 Å². The summed E-state index contributed by atoms with van der Waals surface area (Å²) in [5.74, 6) is -2.69. The first kappa shape index (κ1) is 35.3. The quantitative estimate of drug-likeness (QED) is 0.0668. The van der Waals surface area contributed by atoms with Crippen molar-refractivity contribution >= 4 is 19.5 Å². The van der Waals surface area contributed by atoms with E-state index in [2.05, 4.69) is 4.74 Å². The Kier molecular flexibility index (Phi) is 10.9. The van der Waals surface area contributed by atoms with Gasteiger partial charge in [-0.1, -0.05) is 97.1 Å². The summed E-state index contributed by atoms with van der Waals surface area (Å²) in [6.45, 7) is -0.529. The summed E-state index contributed by atoms with van der Waals surface area (Å²) in [5, 5.41) is 0. The minimum absolute atomic E-state index is 0.112. The zero-order valence-corrected chi connectivity index (χ0v) is 25.3. The molecule has 2 N–H and O–H groups in total. The van der Waals surface area contributed by atoms with Crippen LogP contribution in [0.5, 0.6) is 5.75 Å². The van der Waals surface area contributed by atoms with Gasteiger partial charge in [-0.3, -0.25) is 14.2 Å². The number of carbonyl (C=O) groups excluding carboxylic acids is 2. The van der Waals surface area contributed by atoms with Gasteiger partial charge in [0.05, 0.1) is 0 Å². The van der Waals surface area contributed by atoms with Crippen LogP contribution in [0, 0.1) is 5.41 Å².